The van der Waals surface area contributed by atoms with Crippen molar-refractivity contribution in [2.75, 3.05) is 31.1 Å². The highest BCUT2D eigenvalue weighted by Gasteiger charge is 2.27. The Morgan fingerprint density at radius 1 is 1.03 bits per heavy atom. The Balaban J connectivity index is 1.55. The Hall–Kier alpha value is -3.62. The summed E-state index contributed by atoms with van der Waals surface area (Å²) in [6.07, 6.45) is 0. The molecule has 0 unspecified atom stereocenters. The summed E-state index contributed by atoms with van der Waals surface area (Å²) >= 11 is 0. The van der Waals surface area contributed by atoms with E-state index in [0.717, 1.165) is 17.3 Å². The van der Waals surface area contributed by atoms with Gasteiger partial charge in [0.2, 0.25) is 5.43 Å². The molecule has 0 aliphatic carbocycles. The molecule has 4 rings (SSSR count). The Labute approximate surface area is 191 Å². The van der Waals surface area contributed by atoms with Gasteiger partial charge < -0.3 is 9.80 Å². The first-order valence-electron chi connectivity index (χ1n) is 11.0. The molecule has 3 aromatic rings. The van der Waals surface area contributed by atoms with Gasteiger partial charge in [-0.2, -0.15) is 5.10 Å². The Morgan fingerprint density at radius 3 is 2.39 bits per heavy atom. The highest BCUT2D eigenvalue weighted by Crippen LogP contribution is 2.19. The molecule has 9 heteroatoms. The molecule has 3 heterocycles. The van der Waals surface area contributed by atoms with E-state index in [4.69, 9.17) is 0 Å². The largest absolute Gasteiger partial charge is 0.353 e. The third-order valence-corrected chi connectivity index (χ3v) is 5.66. The molecular formula is C24H27FN6O2. The van der Waals surface area contributed by atoms with Crippen molar-refractivity contribution >= 4 is 11.7 Å². The summed E-state index contributed by atoms with van der Waals surface area (Å²) < 4.78 is 15.6. The first-order valence-corrected chi connectivity index (χ1v) is 11.0. The number of nitrogens with zero attached hydrogens (tertiary/aromatic N) is 6. The zero-order valence-electron chi connectivity index (χ0n) is 19.2. The summed E-state index contributed by atoms with van der Waals surface area (Å²) in [6.45, 7) is 9.71. The predicted octanol–water partition coefficient (Wildman–Crippen LogP) is 2.86. The third-order valence-electron chi connectivity index (χ3n) is 5.66. The SMILES string of the molecule is Cc1cc(N2CCN(C(=O)c3nn(-c4ccccc4F)c(C)cc3=O)CC2)nc(C(C)C)n1. The number of carbonyl (C=O) groups is 1. The lowest BCUT2D eigenvalue weighted by molar-refractivity contribution is 0.0737. The number of hydrogen-bond donors (Lipinski definition) is 0. The van der Waals surface area contributed by atoms with E-state index in [1.165, 1.54) is 16.8 Å². The summed E-state index contributed by atoms with van der Waals surface area (Å²) in [7, 11) is 0. The van der Waals surface area contributed by atoms with E-state index >= 15 is 0 Å². The molecule has 0 radical (unpaired) electrons. The Kier molecular flexibility index (Phi) is 6.22. The monoisotopic (exact) mass is 450 g/mol. The number of carbonyl (C=O) groups excluding carboxylic acids is 1. The van der Waals surface area contributed by atoms with Crippen molar-refractivity contribution in [3.05, 3.63) is 75.3 Å². The second kappa shape index (κ2) is 9.09. The quantitative estimate of drug-likeness (QED) is 0.608. The summed E-state index contributed by atoms with van der Waals surface area (Å²) in [5.74, 6) is 0.918. The van der Waals surface area contributed by atoms with Crippen LogP contribution in [0.4, 0.5) is 10.2 Å². The van der Waals surface area contributed by atoms with E-state index < -0.39 is 17.2 Å². The van der Waals surface area contributed by atoms with Crippen LogP contribution in [-0.4, -0.2) is 56.7 Å². The van der Waals surface area contributed by atoms with E-state index in [9.17, 15) is 14.0 Å². The van der Waals surface area contributed by atoms with Gasteiger partial charge in [-0.15, -0.1) is 0 Å². The molecule has 0 bridgehead atoms. The minimum absolute atomic E-state index is 0.189. The second-order valence-corrected chi connectivity index (χ2v) is 8.52. The summed E-state index contributed by atoms with van der Waals surface area (Å²) in [5, 5.41) is 4.24. The van der Waals surface area contributed by atoms with E-state index in [1.54, 1.807) is 30.0 Å². The number of benzene rings is 1. The molecule has 0 N–H and O–H groups in total. The van der Waals surface area contributed by atoms with Crippen LogP contribution in [-0.2, 0) is 0 Å². The van der Waals surface area contributed by atoms with Crippen LogP contribution in [0.5, 0.6) is 0 Å². The van der Waals surface area contributed by atoms with Crippen molar-refractivity contribution in [2.24, 2.45) is 0 Å². The van der Waals surface area contributed by atoms with Crippen molar-refractivity contribution in [1.29, 1.82) is 0 Å². The van der Waals surface area contributed by atoms with Crippen LogP contribution in [0.2, 0.25) is 0 Å². The molecule has 33 heavy (non-hydrogen) atoms. The normalized spacial score (nSPS) is 14.1. The number of halogens is 1. The number of aryl methyl sites for hydroxylation is 2. The van der Waals surface area contributed by atoms with Crippen LogP contribution in [0.25, 0.3) is 5.69 Å². The summed E-state index contributed by atoms with van der Waals surface area (Å²) in [4.78, 5) is 38.6. The number of aromatic nitrogens is 4. The van der Waals surface area contributed by atoms with Crippen LogP contribution < -0.4 is 10.3 Å². The lowest BCUT2D eigenvalue weighted by atomic mass is 10.2. The van der Waals surface area contributed by atoms with Crippen LogP contribution in [0.15, 0.2) is 41.2 Å². The minimum atomic E-state index is -0.482. The Morgan fingerprint density at radius 2 is 1.73 bits per heavy atom. The number of para-hydroxylation sites is 1. The van der Waals surface area contributed by atoms with Gasteiger partial charge in [-0.05, 0) is 26.0 Å². The number of anilines is 1. The molecule has 0 spiro atoms. The molecule has 1 saturated heterocycles. The zero-order chi connectivity index (χ0) is 23.7. The molecule has 1 fully saturated rings. The van der Waals surface area contributed by atoms with Crippen molar-refractivity contribution in [2.45, 2.75) is 33.6 Å². The maximum Gasteiger partial charge on any atom is 0.278 e. The average molecular weight is 451 g/mol. The predicted molar refractivity (Wildman–Crippen MR) is 124 cm³/mol. The van der Waals surface area contributed by atoms with Gasteiger partial charge in [0.25, 0.3) is 5.91 Å². The molecule has 0 saturated carbocycles. The zero-order valence-corrected chi connectivity index (χ0v) is 19.2. The van der Waals surface area contributed by atoms with Gasteiger partial charge in [-0.25, -0.2) is 19.0 Å². The van der Waals surface area contributed by atoms with Gasteiger partial charge in [-0.3, -0.25) is 9.59 Å². The first-order chi connectivity index (χ1) is 15.7. The maximum absolute atomic E-state index is 14.3. The minimum Gasteiger partial charge on any atom is -0.353 e. The molecular weight excluding hydrogens is 423 g/mol. The van der Waals surface area contributed by atoms with E-state index in [-0.39, 0.29) is 17.3 Å². The average Bonchev–Trinajstić information content (AvgIpc) is 2.79. The number of amides is 1. The van der Waals surface area contributed by atoms with Crippen molar-refractivity contribution < 1.29 is 9.18 Å². The van der Waals surface area contributed by atoms with Gasteiger partial charge in [0, 0.05) is 55.6 Å². The summed E-state index contributed by atoms with van der Waals surface area (Å²) in [5.41, 5.74) is 0.859. The van der Waals surface area contributed by atoms with Crippen molar-refractivity contribution in [3.63, 3.8) is 0 Å². The van der Waals surface area contributed by atoms with Crippen molar-refractivity contribution in [1.82, 2.24) is 24.6 Å². The van der Waals surface area contributed by atoms with Crippen LogP contribution in [0.3, 0.4) is 0 Å². The third kappa shape index (κ3) is 4.62. The molecule has 1 aromatic carbocycles. The maximum atomic E-state index is 14.3. The Bertz CT molecular complexity index is 1250. The molecule has 172 valence electrons. The summed E-state index contributed by atoms with van der Waals surface area (Å²) in [6, 6.07) is 9.39. The van der Waals surface area contributed by atoms with Gasteiger partial charge in [0.05, 0.1) is 0 Å². The smallest absolute Gasteiger partial charge is 0.278 e. The highest BCUT2D eigenvalue weighted by atomic mass is 19.1. The topological polar surface area (TPSA) is 84.2 Å². The number of piperazine rings is 1. The van der Waals surface area contributed by atoms with E-state index in [1.807, 2.05) is 13.0 Å². The molecule has 2 aromatic heterocycles. The van der Waals surface area contributed by atoms with Gasteiger partial charge in [0.1, 0.15) is 23.1 Å². The number of rotatable bonds is 4. The standard InChI is InChI=1S/C24H27FN6O2/c1-15(2)23-26-16(3)13-21(27-23)29-9-11-30(12-10-29)24(33)22-20(32)14-17(4)31(28-22)19-8-6-5-7-18(19)25/h5-8,13-15H,9-12H2,1-4H3. The van der Waals surface area contributed by atoms with Crippen LogP contribution in [0.1, 0.15) is 47.5 Å². The highest BCUT2D eigenvalue weighted by molar-refractivity contribution is 5.92. The van der Waals surface area contributed by atoms with Gasteiger partial charge >= 0.3 is 0 Å². The van der Waals surface area contributed by atoms with E-state index in [2.05, 4.69) is 33.8 Å². The fourth-order valence-corrected chi connectivity index (χ4v) is 3.85. The second-order valence-electron chi connectivity index (χ2n) is 8.52. The lowest BCUT2D eigenvalue weighted by Gasteiger charge is -2.35. The molecule has 1 aliphatic heterocycles. The molecule has 0 atom stereocenters. The lowest BCUT2D eigenvalue weighted by Crippen LogP contribution is -2.50. The fraction of sp³-hybridized carbons (Fsp3) is 0.375. The van der Waals surface area contributed by atoms with Gasteiger partial charge in [-0.1, -0.05) is 26.0 Å². The van der Waals surface area contributed by atoms with Crippen LogP contribution >= 0.6 is 0 Å². The fourth-order valence-electron chi connectivity index (χ4n) is 3.85. The van der Waals surface area contributed by atoms with Crippen molar-refractivity contribution in [3.8, 4) is 5.69 Å². The molecule has 1 aliphatic rings. The molecule has 1 amide bonds. The number of hydrogen-bond acceptors (Lipinski definition) is 6. The van der Waals surface area contributed by atoms with Gasteiger partial charge in [0.15, 0.2) is 5.69 Å². The van der Waals surface area contributed by atoms with Crippen LogP contribution in [0, 0.1) is 19.7 Å². The molecule has 8 nitrogen and oxygen atoms in total. The first kappa shape index (κ1) is 22.6. The van der Waals surface area contributed by atoms with E-state index in [0.29, 0.717) is 31.9 Å².